The van der Waals surface area contributed by atoms with Crippen LogP contribution in [0.1, 0.15) is 50.4 Å². The maximum absolute atomic E-state index is 12.8. The second kappa shape index (κ2) is 9.00. The lowest BCUT2D eigenvalue weighted by molar-refractivity contribution is -0.138. The minimum Gasteiger partial charge on any atom is -0.354 e. The fraction of sp³-hybridized carbons (Fsp3) is 0.700. The summed E-state index contributed by atoms with van der Waals surface area (Å²) < 4.78 is 0. The minimum absolute atomic E-state index is 0.00446. The fourth-order valence-corrected chi connectivity index (χ4v) is 4.90. The van der Waals surface area contributed by atoms with Gasteiger partial charge < -0.3 is 10.2 Å². The summed E-state index contributed by atoms with van der Waals surface area (Å²) in [5, 5.41) is 5.30. The van der Waals surface area contributed by atoms with Crippen LogP contribution in [-0.4, -0.2) is 54.3 Å². The molecule has 0 unspecified atom stereocenters. The highest BCUT2D eigenvalue weighted by atomic mass is 32.1. The van der Waals surface area contributed by atoms with Gasteiger partial charge in [0.25, 0.3) is 0 Å². The fourth-order valence-electron chi connectivity index (χ4n) is 4.04. The first-order chi connectivity index (χ1) is 12.6. The number of likely N-dealkylation sites (tertiary alicyclic amines) is 2. The van der Waals surface area contributed by atoms with E-state index in [4.69, 9.17) is 0 Å². The Balaban J connectivity index is 1.57. The number of hydrogen-bond acceptors (Lipinski definition) is 4. The molecule has 5 nitrogen and oxygen atoms in total. The van der Waals surface area contributed by atoms with E-state index in [9.17, 15) is 9.59 Å². The molecular weight excluding hydrogens is 346 g/mol. The van der Waals surface area contributed by atoms with Crippen LogP contribution < -0.4 is 5.32 Å². The summed E-state index contributed by atoms with van der Waals surface area (Å²) in [7, 11) is 0. The van der Waals surface area contributed by atoms with Gasteiger partial charge in [-0.2, -0.15) is 0 Å². The Morgan fingerprint density at radius 2 is 2.00 bits per heavy atom. The zero-order valence-corrected chi connectivity index (χ0v) is 16.8. The Morgan fingerprint density at radius 1 is 1.23 bits per heavy atom. The molecule has 0 bridgehead atoms. The van der Waals surface area contributed by atoms with E-state index in [0.717, 1.165) is 32.5 Å². The van der Waals surface area contributed by atoms with Crippen LogP contribution >= 0.6 is 11.3 Å². The molecule has 2 aliphatic heterocycles. The summed E-state index contributed by atoms with van der Waals surface area (Å²) in [6.45, 7) is 8.08. The summed E-state index contributed by atoms with van der Waals surface area (Å²) in [5.41, 5.74) is 0. The predicted molar refractivity (Wildman–Crippen MR) is 105 cm³/mol. The molecule has 2 aliphatic rings. The Labute approximate surface area is 160 Å². The van der Waals surface area contributed by atoms with Gasteiger partial charge in [-0.3, -0.25) is 14.5 Å². The van der Waals surface area contributed by atoms with Crippen LogP contribution in [0.25, 0.3) is 0 Å². The van der Waals surface area contributed by atoms with Crippen LogP contribution in [0, 0.1) is 11.8 Å². The third kappa shape index (κ3) is 4.65. The molecule has 0 saturated carbocycles. The first kappa shape index (κ1) is 19.4. The zero-order valence-electron chi connectivity index (χ0n) is 15.9. The lowest BCUT2D eigenvalue weighted by Gasteiger charge is -2.34. The van der Waals surface area contributed by atoms with Gasteiger partial charge in [0.15, 0.2) is 0 Å². The summed E-state index contributed by atoms with van der Waals surface area (Å²) >= 11 is 1.77. The van der Waals surface area contributed by atoms with Crippen molar-refractivity contribution in [3.8, 4) is 0 Å². The number of nitrogens with zero attached hydrogens (tertiary/aromatic N) is 2. The molecule has 0 radical (unpaired) electrons. The average Bonchev–Trinajstić information content (AvgIpc) is 3.35. The molecule has 2 fully saturated rings. The first-order valence-electron chi connectivity index (χ1n) is 9.90. The third-order valence-corrected chi connectivity index (χ3v) is 6.49. The standard InChI is InChI=1S/C20H31N3O2S/c1-15(2)20(25)23-11-5-7-16(14-23)19(24)21-13-17(18-8-6-12-26-18)22-9-3-4-10-22/h6,8,12,15-17H,3-5,7,9-11,13-14H2,1-2H3,(H,21,24)/t16-,17+/m0/s1. The molecule has 2 amide bonds. The molecule has 26 heavy (non-hydrogen) atoms. The lowest BCUT2D eigenvalue weighted by Crippen LogP contribution is -2.47. The highest BCUT2D eigenvalue weighted by Gasteiger charge is 2.30. The lowest BCUT2D eigenvalue weighted by atomic mass is 9.96. The van der Waals surface area contributed by atoms with Gasteiger partial charge in [0, 0.05) is 30.4 Å². The van der Waals surface area contributed by atoms with Crippen molar-refractivity contribution in [3.05, 3.63) is 22.4 Å². The van der Waals surface area contributed by atoms with E-state index in [-0.39, 0.29) is 29.7 Å². The van der Waals surface area contributed by atoms with Crippen molar-refractivity contribution in [2.45, 2.75) is 45.6 Å². The molecule has 0 aliphatic carbocycles. The van der Waals surface area contributed by atoms with Crippen molar-refractivity contribution in [2.24, 2.45) is 11.8 Å². The number of thiophene rings is 1. The van der Waals surface area contributed by atoms with Gasteiger partial charge in [0.05, 0.1) is 12.0 Å². The van der Waals surface area contributed by atoms with Crippen LogP contribution in [0.3, 0.4) is 0 Å². The second-order valence-corrected chi connectivity index (χ2v) is 8.78. The van der Waals surface area contributed by atoms with Gasteiger partial charge in [0.1, 0.15) is 0 Å². The summed E-state index contributed by atoms with van der Waals surface area (Å²) in [6.07, 6.45) is 4.27. The molecule has 6 heteroatoms. The molecule has 144 valence electrons. The molecule has 2 atom stereocenters. The summed E-state index contributed by atoms with van der Waals surface area (Å²) in [5.74, 6) is 0.187. The van der Waals surface area contributed by atoms with Crippen LogP contribution in [0.15, 0.2) is 17.5 Å². The van der Waals surface area contributed by atoms with Crippen molar-refractivity contribution < 1.29 is 9.59 Å². The van der Waals surface area contributed by atoms with Crippen LogP contribution in [0.5, 0.6) is 0 Å². The molecule has 3 heterocycles. The molecule has 0 aromatic carbocycles. The Kier molecular flexibility index (Phi) is 6.70. The van der Waals surface area contributed by atoms with E-state index < -0.39 is 0 Å². The molecular formula is C20H31N3O2S. The molecule has 1 aromatic heterocycles. The Bertz CT molecular complexity index is 596. The Morgan fingerprint density at radius 3 is 2.65 bits per heavy atom. The van der Waals surface area contributed by atoms with Crippen molar-refractivity contribution in [1.82, 2.24) is 15.1 Å². The number of nitrogens with one attached hydrogen (secondary N) is 1. The Hall–Kier alpha value is -1.40. The highest BCUT2D eigenvalue weighted by molar-refractivity contribution is 7.10. The quantitative estimate of drug-likeness (QED) is 0.829. The van der Waals surface area contributed by atoms with E-state index >= 15 is 0 Å². The maximum Gasteiger partial charge on any atom is 0.225 e. The maximum atomic E-state index is 12.8. The molecule has 3 rings (SSSR count). The third-order valence-electron chi connectivity index (χ3n) is 5.52. The van der Waals surface area contributed by atoms with Gasteiger partial charge in [-0.15, -0.1) is 11.3 Å². The van der Waals surface area contributed by atoms with Crippen molar-refractivity contribution >= 4 is 23.2 Å². The number of carbonyl (C=O) groups excluding carboxylic acids is 2. The van der Waals surface area contributed by atoms with E-state index in [2.05, 4.69) is 27.7 Å². The molecule has 0 spiro atoms. The van der Waals surface area contributed by atoms with E-state index in [1.807, 2.05) is 18.7 Å². The molecule has 1 N–H and O–H groups in total. The molecule has 1 aromatic rings. The van der Waals surface area contributed by atoms with Gasteiger partial charge in [-0.05, 0) is 50.2 Å². The monoisotopic (exact) mass is 377 g/mol. The van der Waals surface area contributed by atoms with Gasteiger partial charge >= 0.3 is 0 Å². The SMILES string of the molecule is CC(C)C(=O)N1CCC[C@H](C(=O)NC[C@H](c2cccs2)N2CCCC2)C1. The highest BCUT2D eigenvalue weighted by Crippen LogP contribution is 2.28. The second-order valence-electron chi connectivity index (χ2n) is 7.80. The largest absolute Gasteiger partial charge is 0.354 e. The molecule has 2 saturated heterocycles. The number of amides is 2. The van der Waals surface area contributed by atoms with Gasteiger partial charge in [0.2, 0.25) is 11.8 Å². The van der Waals surface area contributed by atoms with Crippen molar-refractivity contribution in [2.75, 3.05) is 32.7 Å². The van der Waals surface area contributed by atoms with E-state index in [0.29, 0.717) is 13.1 Å². The van der Waals surface area contributed by atoms with Crippen LogP contribution in [-0.2, 0) is 9.59 Å². The number of piperidine rings is 1. The summed E-state index contributed by atoms with van der Waals surface area (Å²) in [6, 6.07) is 4.53. The van der Waals surface area contributed by atoms with Crippen LogP contribution in [0.4, 0.5) is 0 Å². The first-order valence-corrected chi connectivity index (χ1v) is 10.8. The summed E-state index contributed by atoms with van der Waals surface area (Å²) in [4.78, 5) is 30.7. The van der Waals surface area contributed by atoms with Crippen LogP contribution in [0.2, 0.25) is 0 Å². The topological polar surface area (TPSA) is 52.7 Å². The van der Waals surface area contributed by atoms with E-state index in [1.54, 1.807) is 11.3 Å². The number of carbonyl (C=O) groups is 2. The normalized spacial score (nSPS) is 22.6. The van der Waals surface area contributed by atoms with Crippen molar-refractivity contribution in [1.29, 1.82) is 0 Å². The minimum atomic E-state index is -0.0750. The van der Waals surface area contributed by atoms with Gasteiger partial charge in [-0.1, -0.05) is 19.9 Å². The van der Waals surface area contributed by atoms with Gasteiger partial charge in [-0.25, -0.2) is 0 Å². The number of hydrogen-bond donors (Lipinski definition) is 1. The number of rotatable bonds is 6. The smallest absolute Gasteiger partial charge is 0.225 e. The van der Waals surface area contributed by atoms with E-state index in [1.165, 1.54) is 17.7 Å². The average molecular weight is 378 g/mol. The predicted octanol–water partition coefficient (Wildman–Crippen LogP) is 2.90. The van der Waals surface area contributed by atoms with Crippen molar-refractivity contribution in [3.63, 3.8) is 0 Å². The zero-order chi connectivity index (χ0) is 18.5.